The molecule has 0 radical (unpaired) electrons. The molecule has 0 spiro atoms. The van der Waals surface area contributed by atoms with Crippen LogP contribution in [-0.4, -0.2) is 30.5 Å². The van der Waals surface area contributed by atoms with Crippen LogP contribution in [0.4, 0.5) is 0 Å². The van der Waals surface area contributed by atoms with Crippen molar-refractivity contribution in [3.05, 3.63) is 41.8 Å². The van der Waals surface area contributed by atoms with E-state index in [1.54, 1.807) is 6.92 Å². The van der Waals surface area contributed by atoms with Gasteiger partial charge in [-0.05, 0) is 33.0 Å². The molecule has 1 amide bonds. The predicted octanol–water partition coefficient (Wildman–Crippen LogP) is 2.41. The zero-order valence-corrected chi connectivity index (χ0v) is 13.2. The van der Waals surface area contributed by atoms with Crippen molar-refractivity contribution in [3.63, 3.8) is 0 Å². The number of hydrogen-bond acceptors (Lipinski definition) is 4. The number of benzene rings is 1. The van der Waals surface area contributed by atoms with Gasteiger partial charge in [0.25, 0.3) is 5.91 Å². The van der Waals surface area contributed by atoms with Crippen molar-refractivity contribution < 1.29 is 9.21 Å². The van der Waals surface area contributed by atoms with Gasteiger partial charge < -0.3 is 15.1 Å². The Kier molecular flexibility index (Phi) is 6.39. The first-order valence-corrected chi connectivity index (χ1v) is 6.60. The Morgan fingerprint density at radius 2 is 2.00 bits per heavy atom. The predicted molar refractivity (Wildman–Crippen MR) is 84.8 cm³/mol. The Morgan fingerprint density at radius 1 is 1.33 bits per heavy atom. The lowest BCUT2D eigenvalue weighted by Gasteiger charge is -2.10. The molecule has 1 unspecified atom stereocenters. The number of hydrogen-bond donors (Lipinski definition) is 2. The van der Waals surface area contributed by atoms with Gasteiger partial charge in [0.05, 0.1) is 5.69 Å². The number of nitrogens with one attached hydrogen (secondary N) is 2. The lowest BCUT2D eigenvalue weighted by atomic mass is 10.2. The number of carbonyl (C=O) groups is 1. The molecule has 2 rings (SSSR count). The van der Waals surface area contributed by atoms with Crippen molar-refractivity contribution in [2.45, 2.75) is 19.9 Å². The summed E-state index contributed by atoms with van der Waals surface area (Å²) in [6, 6.07) is 9.74. The number of carbonyl (C=O) groups excluding carboxylic acids is 1. The van der Waals surface area contributed by atoms with Crippen molar-refractivity contribution in [1.29, 1.82) is 0 Å². The number of rotatable bonds is 5. The van der Waals surface area contributed by atoms with Gasteiger partial charge in [-0.15, -0.1) is 12.4 Å². The number of aryl methyl sites for hydroxylation is 1. The average molecular weight is 310 g/mol. The fraction of sp³-hybridized carbons (Fsp3) is 0.333. The third-order valence-corrected chi connectivity index (χ3v) is 3.09. The Labute approximate surface area is 130 Å². The monoisotopic (exact) mass is 309 g/mol. The molecule has 0 aliphatic carbocycles. The van der Waals surface area contributed by atoms with Crippen molar-refractivity contribution >= 4 is 18.3 Å². The van der Waals surface area contributed by atoms with Crippen molar-refractivity contribution in [1.82, 2.24) is 15.6 Å². The molecule has 5 nitrogen and oxygen atoms in total. The maximum Gasteiger partial charge on any atom is 0.289 e. The fourth-order valence-electron chi connectivity index (χ4n) is 1.74. The molecule has 1 atom stereocenters. The molecule has 1 aromatic heterocycles. The summed E-state index contributed by atoms with van der Waals surface area (Å²) in [5, 5.41) is 5.88. The molecule has 21 heavy (non-hydrogen) atoms. The molecular weight excluding hydrogens is 290 g/mol. The van der Waals surface area contributed by atoms with Gasteiger partial charge in [0.2, 0.25) is 11.7 Å². The summed E-state index contributed by atoms with van der Waals surface area (Å²) in [5.74, 6) is 0.501. The van der Waals surface area contributed by atoms with Crippen LogP contribution >= 0.6 is 12.4 Å². The summed E-state index contributed by atoms with van der Waals surface area (Å²) in [7, 11) is 1.85. The molecular formula is C15H20ClN3O2. The molecule has 0 bridgehead atoms. The second kappa shape index (κ2) is 7.81. The van der Waals surface area contributed by atoms with Crippen LogP contribution in [0.1, 0.15) is 23.2 Å². The van der Waals surface area contributed by atoms with Gasteiger partial charge in [0.1, 0.15) is 0 Å². The van der Waals surface area contributed by atoms with Crippen LogP contribution in [0.15, 0.2) is 34.7 Å². The van der Waals surface area contributed by atoms with Crippen LogP contribution in [0.3, 0.4) is 0 Å². The third-order valence-electron chi connectivity index (χ3n) is 3.09. The SMILES string of the molecule is CNC(C)CNC(=O)c1oc(-c2ccccc2)nc1C.Cl. The van der Waals surface area contributed by atoms with E-state index in [1.165, 1.54) is 0 Å². The largest absolute Gasteiger partial charge is 0.431 e. The highest BCUT2D eigenvalue weighted by atomic mass is 35.5. The van der Waals surface area contributed by atoms with Gasteiger partial charge >= 0.3 is 0 Å². The highest BCUT2D eigenvalue weighted by molar-refractivity contribution is 5.92. The van der Waals surface area contributed by atoms with Gasteiger partial charge in [0, 0.05) is 18.2 Å². The van der Waals surface area contributed by atoms with E-state index in [2.05, 4.69) is 15.6 Å². The van der Waals surface area contributed by atoms with Gasteiger partial charge in [-0.1, -0.05) is 18.2 Å². The zero-order valence-electron chi connectivity index (χ0n) is 12.3. The van der Waals surface area contributed by atoms with Crippen molar-refractivity contribution in [3.8, 4) is 11.5 Å². The number of amides is 1. The van der Waals surface area contributed by atoms with E-state index in [-0.39, 0.29) is 30.1 Å². The summed E-state index contributed by atoms with van der Waals surface area (Å²) in [4.78, 5) is 16.4. The quantitative estimate of drug-likeness (QED) is 0.890. The number of likely N-dealkylation sites (N-methyl/N-ethyl adjacent to an activating group) is 1. The van der Waals surface area contributed by atoms with E-state index in [0.717, 1.165) is 5.56 Å². The summed E-state index contributed by atoms with van der Waals surface area (Å²) in [6.07, 6.45) is 0. The first-order chi connectivity index (χ1) is 9.61. The molecule has 0 aliphatic heterocycles. The van der Waals surface area contributed by atoms with Crippen molar-refractivity contribution in [2.75, 3.05) is 13.6 Å². The Hall–Kier alpha value is -1.85. The van der Waals surface area contributed by atoms with E-state index < -0.39 is 0 Å². The van der Waals surface area contributed by atoms with E-state index in [4.69, 9.17) is 4.42 Å². The molecule has 2 aromatic rings. The van der Waals surface area contributed by atoms with Gasteiger partial charge in [0.15, 0.2) is 0 Å². The Morgan fingerprint density at radius 3 is 2.62 bits per heavy atom. The third kappa shape index (κ3) is 4.31. The van der Waals surface area contributed by atoms with Crippen LogP contribution in [0.5, 0.6) is 0 Å². The molecule has 1 aromatic carbocycles. The summed E-state index contributed by atoms with van der Waals surface area (Å²) in [5.41, 5.74) is 1.46. The molecule has 2 N–H and O–H groups in total. The minimum absolute atomic E-state index is 0. The molecule has 0 fully saturated rings. The van der Waals surface area contributed by atoms with Crippen molar-refractivity contribution in [2.24, 2.45) is 0 Å². The summed E-state index contributed by atoms with van der Waals surface area (Å²) < 4.78 is 5.58. The van der Waals surface area contributed by atoms with E-state index >= 15 is 0 Å². The van der Waals surface area contributed by atoms with E-state index in [0.29, 0.717) is 18.1 Å². The standard InChI is InChI=1S/C15H19N3O2.ClH/c1-10(16-3)9-17-14(19)13-11(2)18-15(20-13)12-7-5-4-6-8-12;/h4-8,10,16H,9H2,1-3H3,(H,17,19);1H. The molecule has 1 heterocycles. The highest BCUT2D eigenvalue weighted by Gasteiger charge is 2.18. The lowest BCUT2D eigenvalue weighted by Crippen LogP contribution is -2.37. The first-order valence-electron chi connectivity index (χ1n) is 6.60. The maximum absolute atomic E-state index is 12.1. The summed E-state index contributed by atoms with van der Waals surface area (Å²) in [6.45, 7) is 4.30. The minimum atomic E-state index is -0.237. The molecule has 0 saturated heterocycles. The number of halogens is 1. The highest BCUT2D eigenvalue weighted by Crippen LogP contribution is 2.21. The summed E-state index contributed by atoms with van der Waals surface area (Å²) >= 11 is 0. The van der Waals surface area contributed by atoms with Crippen LogP contribution in [-0.2, 0) is 0 Å². The lowest BCUT2D eigenvalue weighted by molar-refractivity contribution is 0.0923. The first kappa shape index (κ1) is 17.2. The Bertz CT molecular complexity index is 584. The Balaban J connectivity index is 0.00000220. The molecule has 0 saturated carbocycles. The second-order valence-electron chi connectivity index (χ2n) is 4.70. The molecule has 0 aliphatic rings. The number of aromatic nitrogens is 1. The van der Waals surface area contributed by atoms with E-state index in [1.807, 2.05) is 44.3 Å². The fourth-order valence-corrected chi connectivity index (χ4v) is 1.74. The minimum Gasteiger partial charge on any atom is -0.431 e. The van der Waals surface area contributed by atoms with Crippen LogP contribution < -0.4 is 10.6 Å². The van der Waals surface area contributed by atoms with Crippen LogP contribution in [0.2, 0.25) is 0 Å². The van der Waals surface area contributed by atoms with Gasteiger partial charge in [-0.3, -0.25) is 4.79 Å². The average Bonchev–Trinajstić information content (AvgIpc) is 2.87. The zero-order chi connectivity index (χ0) is 14.5. The van der Waals surface area contributed by atoms with Gasteiger partial charge in [-0.2, -0.15) is 0 Å². The normalized spacial score (nSPS) is 11.6. The topological polar surface area (TPSA) is 67.2 Å². The van der Waals surface area contributed by atoms with Gasteiger partial charge in [-0.25, -0.2) is 4.98 Å². The maximum atomic E-state index is 12.1. The molecule has 114 valence electrons. The second-order valence-corrected chi connectivity index (χ2v) is 4.70. The smallest absolute Gasteiger partial charge is 0.289 e. The van der Waals surface area contributed by atoms with Crippen LogP contribution in [0.25, 0.3) is 11.5 Å². The number of oxazole rings is 1. The number of nitrogens with zero attached hydrogens (tertiary/aromatic N) is 1. The molecule has 6 heteroatoms. The van der Waals surface area contributed by atoms with E-state index in [9.17, 15) is 4.79 Å². The van der Waals surface area contributed by atoms with Crippen LogP contribution in [0, 0.1) is 6.92 Å².